The van der Waals surface area contributed by atoms with E-state index < -0.39 is 5.60 Å². The molecule has 0 unspecified atom stereocenters. The van der Waals surface area contributed by atoms with Crippen LogP contribution >= 0.6 is 15.9 Å². The molecule has 2 saturated heterocycles. The number of halogens is 1. The third kappa shape index (κ3) is 6.13. The molecule has 8 heteroatoms. The molecular formula is C27H40BrN3O4. The van der Waals surface area contributed by atoms with Gasteiger partial charge in [-0.2, -0.15) is 0 Å². The second kappa shape index (κ2) is 10.2. The van der Waals surface area contributed by atoms with E-state index in [1.807, 2.05) is 37.8 Å². The maximum Gasteiger partial charge on any atom is 0.410 e. The van der Waals surface area contributed by atoms with Gasteiger partial charge in [-0.1, -0.05) is 15.9 Å². The van der Waals surface area contributed by atoms with Gasteiger partial charge in [-0.25, -0.2) is 9.78 Å². The van der Waals surface area contributed by atoms with E-state index in [1.165, 1.54) is 12.8 Å². The van der Waals surface area contributed by atoms with Crippen LogP contribution in [0.15, 0.2) is 22.8 Å². The minimum Gasteiger partial charge on any atom is -0.474 e. The smallest absolute Gasteiger partial charge is 0.410 e. The van der Waals surface area contributed by atoms with Gasteiger partial charge in [0, 0.05) is 61.3 Å². The highest BCUT2D eigenvalue weighted by atomic mass is 79.9. The van der Waals surface area contributed by atoms with E-state index >= 15 is 0 Å². The van der Waals surface area contributed by atoms with E-state index in [1.54, 1.807) is 6.20 Å². The van der Waals surface area contributed by atoms with Gasteiger partial charge in [0.2, 0.25) is 5.88 Å². The molecule has 2 saturated carbocycles. The van der Waals surface area contributed by atoms with Crippen LogP contribution in [0.1, 0.15) is 72.1 Å². The van der Waals surface area contributed by atoms with Gasteiger partial charge >= 0.3 is 6.09 Å². The predicted octanol–water partition coefficient (Wildman–Crippen LogP) is 5.41. The number of ether oxygens (including phenoxy) is 3. The van der Waals surface area contributed by atoms with Crippen molar-refractivity contribution in [1.82, 2.24) is 14.8 Å². The van der Waals surface area contributed by atoms with Crippen molar-refractivity contribution >= 4 is 22.0 Å². The topological polar surface area (TPSA) is 64.1 Å². The monoisotopic (exact) mass is 549 g/mol. The highest BCUT2D eigenvalue weighted by Gasteiger charge is 2.54. The number of amides is 1. The lowest BCUT2D eigenvalue weighted by Crippen LogP contribution is -2.52. The number of likely N-dealkylation sites (tertiary alicyclic amines) is 2. The summed E-state index contributed by atoms with van der Waals surface area (Å²) < 4.78 is 19.0. The summed E-state index contributed by atoms with van der Waals surface area (Å²) in [6.07, 6.45) is 11.4. The molecule has 4 aliphatic rings. The molecule has 1 aromatic rings. The summed E-state index contributed by atoms with van der Waals surface area (Å²) in [4.78, 5) is 21.4. The van der Waals surface area contributed by atoms with Crippen molar-refractivity contribution in [3.63, 3.8) is 0 Å². The Balaban J connectivity index is 1.02. The second-order valence-electron chi connectivity index (χ2n) is 11.8. The Labute approximate surface area is 218 Å². The van der Waals surface area contributed by atoms with Gasteiger partial charge in [-0.3, -0.25) is 4.90 Å². The van der Waals surface area contributed by atoms with Crippen molar-refractivity contribution in [3.8, 4) is 5.88 Å². The molecule has 0 bridgehead atoms. The number of hydrogen-bond donors (Lipinski definition) is 0. The van der Waals surface area contributed by atoms with E-state index in [-0.39, 0.29) is 12.2 Å². The summed E-state index contributed by atoms with van der Waals surface area (Å²) in [6, 6.07) is 3.82. The molecule has 1 amide bonds. The Morgan fingerprint density at radius 3 is 2.31 bits per heavy atom. The van der Waals surface area contributed by atoms with Gasteiger partial charge in [0.05, 0.1) is 12.2 Å². The zero-order valence-electron chi connectivity index (χ0n) is 21.4. The first-order valence-electron chi connectivity index (χ1n) is 13.4. The average molecular weight is 551 g/mol. The third-order valence-electron chi connectivity index (χ3n) is 8.16. The van der Waals surface area contributed by atoms with E-state index in [9.17, 15) is 4.79 Å². The Kier molecular flexibility index (Phi) is 7.35. The first-order chi connectivity index (χ1) is 16.7. The molecule has 1 aromatic heterocycles. The SMILES string of the molecule is CC(C)(C)OC(=O)N1CCC(C2(N3CCC(O[C@H]4C[C@H](Oc5cc(Br)ccn5)C4)CC3)CC2)CC1. The molecule has 4 fully saturated rings. The largest absolute Gasteiger partial charge is 0.474 e. The molecule has 5 rings (SSSR count). The molecule has 7 nitrogen and oxygen atoms in total. The summed E-state index contributed by atoms with van der Waals surface area (Å²) in [7, 11) is 0. The average Bonchev–Trinajstić information content (AvgIpc) is 3.59. The van der Waals surface area contributed by atoms with E-state index in [4.69, 9.17) is 14.2 Å². The predicted molar refractivity (Wildman–Crippen MR) is 138 cm³/mol. The number of hydrogen-bond acceptors (Lipinski definition) is 6. The van der Waals surface area contributed by atoms with E-state index in [0.717, 1.165) is 69.2 Å². The number of carbonyl (C=O) groups excluding carboxylic acids is 1. The minimum atomic E-state index is -0.429. The number of rotatable bonds is 6. The summed E-state index contributed by atoms with van der Waals surface area (Å²) in [6.45, 7) is 9.70. The number of pyridine rings is 1. The molecule has 2 aliphatic heterocycles. The number of nitrogens with zero attached hydrogens (tertiary/aromatic N) is 3. The van der Waals surface area contributed by atoms with E-state index in [2.05, 4.69) is 25.8 Å². The van der Waals surface area contributed by atoms with Crippen molar-refractivity contribution in [2.75, 3.05) is 26.2 Å². The highest BCUT2D eigenvalue weighted by Crippen LogP contribution is 2.52. The van der Waals surface area contributed by atoms with Gasteiger partial charge in [-0.15, -0.1) is 0 Å². The van der Waals surface area contributed by atoms with Gasteiger partial charge in [0.15, 0.2) is 0 Å². The summed E-state index contributed by atoms with van der Waals surface area (Å²) in [5.41, 5.74) is -0.0562. The molecule has 0 N–H and O–H groups in total. The highest BCUT2D eigenvalue weighted by molar-refractivity contribution is 9.10. The normalized spacial score (nSPS) is 27.8. The minimum absolute atomic E-state index is 0.157. The van der Waals surface area contributed by atoms with Crippen LogP contribution in [0.5, 0.6) is 5.88 Å². The molecule has 2 aliphatic carbocycles. The van der Waals surface area contributed by atoms with Gasteiger partial charge in [0.25, 0.3) is 0 Å². The van der Waals surface area contributed by atoms with Gasteiger partial charge in [0.1, 0.15) is 11.7 Å². The van der Waals surface area contributed by atoms with Gasteiger partial charge < -0.3 is 19.1 Å². The number of aromatic nitrogens is 1. The van der Waals surface area contributed by atoms with E-state index in [0.29, 0.717) is 29.5 Å². The Morgan fingerprint density at radius 2 is 1.71 bits per heavy atom. The first-order valence-corrected chi connectivity index (χ1v) is 14.2. The van der Waals surface area contributed by atoms with Crippen molar-refractivity contribution in [2.24, 2.45) is 5.92 Å². The fraction of sp³-hybridized carbons (Fsp3) is 0.778. The van der Waals surface area contributed by atoms with Crippen molar-refractivity contribution in [1.29, 1.82) is 0 Å². The molecule has 3 heterocycles. The Bertz CT molecular complexity index is 881. The third-order valence-corrected chi connectivity index (χ3v) is 8.65. The van der Waals surface area contributed by atoms with Crippen LogP contribution in [-0.4, -0.2) is 76.5 Å². The second-order valence-corrected chi connectivity index (χ2v) is 12.7. The first kappa shape index (κ1) is 25.3. The molecule has 0 atom stereocenters. The molecule has 194 valence electrons. The van der Waals surface area contributed by atoms with Crippen LogP contribution in [0.3, 0.4) is 0 Å². The molecule has 35 heavy (non-hydrogen) atoms. The van der Waals surface area contributed by atoms with Crippen LogP contribution in [0, 0.1) is 5.92 Å². The molecular weight excluding hydrogens is 510 g/mol. The zero-order chi connectivity index (χ0) is 24.6. The zero-order valence-corrected chi connectivity index (χ0v) is 23.0. The fourth-order valence-corrected chi connectivity index (χ4v) is 6.41. The fourth-order valence-electron chi connectivity index (χ4n) is 6.09. The molecule has 0 radical (unpaired) electrons. The van der Waals surface area contributed by atoms with Crippen LogP contribution in [0.2, 0.25) is 0 Å². The summed E-state index contributed by atoms with van der Waals surface area (Å²) >= 11 is 3.47. The number of carbonyl (C=O) groups is 1. The lowest BCUT2D eigenvalue weighted by Gasteiger charge is -2.45. The van der Waals surface area contributed by atoms with Crippen molar-refractivity contribution in [2.45, 2.75) is 102 Å². The maximum absolute atomic E-state index is 12.4. The maximum atomic E-state index is 12.4. The van der Waals surface area contributed by atoms with Crippen LogP contribution in [0.25, 0.3) is 0 Å². The molecule has 0 spiro atoms. The van der Waals surface area contributed by atoms with Crippen LogP contribution in [-0.2, 0) is 9.47 Å². The van der Waals surface area contributed by atoms with Crippen molar-refractivity contribution in [3.05, 3.63) is 22.8 Å². The van der Waals surface area contributed by atoms with Crippen molar-refractivity contribution < 1.29 is 19.0 Å². The number of piperidine rings is 2. The van der Waals surface area contributed by atoms with Gasteiger partial charge in [-0.05, 0) is 71.3 Å². The van der Waals surface area contributed by atoms with Crippen LogP contribution in [0.4, 0.5) is 4.79 Å². The summed E-state index contributed by atoms with van der Waals surface area (Å²) in [5, 5.41) is 0. The lowest BCUT2D eigenvalue weighted by molar-refractivity contribution is -0.115. The Hall–Kier alpha value is -1.38. The lowest BCUT2D eigenvalue weighted by atomic mass is 9.85. The van der Waals surface area contributed by atoms with Crippen LogP contribution < -0.4 is 4.74 Å². The standard InChI is InChI=1S/C27H40BrN3O4/c1-26(2,3)35-25(32)30-12-5-19(6-13-30)27(9-10-27)31-14-7-21(8-15-31)33-22-17-23(18-22)34-24-16-20(28)4-11-29-24/h4,11,16,19,21-23H,5-10,12-15,17-18H2,1-3H3/t22-,23-. The summed E-state index contributed by atoms with van der Waals surface area (Å²) in [5.74, 6) is 1.37. The Morgan fingerprint density at radius 1 is 1.03 bits per heavy atom. The molecule has 0 aromatic carbocycles. The quantitative estimate of drug-likeness (QED) is 0.472.